The summed E-state index contributed by atoms with van der Waals surface area (Å²) in [4.78, 5) is 56.8. The molecule has 0 atom stereocenters. The van der Waals surface area contributed by atoms with Crippen LogP contribution in [0.5, 0.6) is 0 Å². The maximum absolute atomic E-state index is 12.8. The number of hydrogen-bond donors (Lipinski definition) is 5. The van der Waals surface area contributed by atoms with E-state index in [2.05, 4.69) is 10.6 Å². The summed E-state index contributed by atoms with van der Waals surface area (Å²) < 4.78 is 43.1. The van der Waals surface area contributed by atoms with E-state index in [0.717, 1.165) is 0 Å². The van der Waals surface area contributed by atoms with E-state index in [4.69, 9.17) is 53.2 Å². The predicted octanol–water partition coefficient (Wildman–Crippen LogP) is 0.297. The first-order valence-electron chi connectivity index (χ1n) is 15.2. The molecule has 18 nitrogen and oxygen atoms in total. The molecule has 47 heavy (non-hydrogen) atoms. The molecule has 0 spiro atoms. The molecule has 0 rings (SSSR count). The molecule has 0 aliphatic rings. The van der Waals surface area contributed by atoms with Crippen molar-refractivity contribution in [2.45, 2.75) is 57.6 Å². The predicted molar refractivity (Wildman–Crippen MR) is 162 cm³/mol. The number of ether oxygens (including phenoxy) is 8. The summed E-state index contributed by atoms with van der Waals surface area (Å²) >= 11 is 0. The molecule has 2 amide bonds. The first-order chi connectivity index (χ1) is 22.2. The van der Waals surface area contributed by atoms with Crippen LogP contribution >= 0.6 is 0 Å². The molecule has 0 aromatic carbocycles. The zero-order valence-electron chi connectivity index (χ0n) is 27.6. The fourth-order valence-electron chi connectivity index (χ4n) is 3.34. The fourth-order valence-corrected chi connectivity index (χ4v) is 3.34. The maximum Gasteiger partial charge on any atom is 0.407 e. The highest BCUT2D eigenvalue weighted by atomic mass is 16.6. The number of nitrogens with one attached hydrogen (secondary N) is 2. The van der Waals surface area contributed by atoms with Crippen LogP contribution in [0, 0.1) is 0 Å². The molecule has 0 aromatic rings. The van der Waals surface area contributed by atoms with Gasteiger partial charge in [-0.05, 0) is 20.8 Å². The molecule has 0 saturated carbocycles. The van der Waals surface area contributed by atoms with Gasteiger partial charge in [0.2, 0.25) is 5.91 Å². The summed E-state index contributed by atoms with van der Waals surface area (Å²) in [7, 11) is 0. The van der Waals surface area contributed by atoms with E-state index >= 15 is 0 Å². The highest BCUT2D eigenvalue weighted by Crippen LogP contribution is 2.11. The van der Waals surface area contributed by atoms with E-state index in [1.165, 1.54) is 0 Å². The second-order valence-corrected chi connectivity index (χ2v) is 11.0. The zero-order valence-corrected chi connectivity index (χ0v) is 27.6. The Balaban J connectivity index is 4.36. The van der Waals surface area contributed by atoms with Crippen LogP contribution in [0.25, 0.3) is 0 Å². The Hall–Kier alpha value is -3.13. The van der Waals surface area contributed by atoms with Crippen LogP contribution in [0.2, 0.25) is 0 Å². The van der Waals surface area contributed by atoms with Crippen molar-refractivity contribution in [1.29, 1.82) is 0 Å². The lowest BCUT2D eigenvalue weighted by molar-refractivity contribution is -0.140. The molecular formula is C29H52N2O16. The SMILES string of the molecule is CC(C)(C)OC(=O)NCCOCCOCCOCCOCCC(=O)NC(COCCC(=O)O)(COCCC(=O)O)COCCC(=O)O. The Morgan fingerprint density at radius 1 is 0.511 bits per heavy atom. The Morgan fingerprint density at radius 3 is 1.26 bits per heavy atom. The van der Waals surface area contributed by atoms with Crippen LogP contribution in [0.3, 0.4) is 0 Å². The Kier molecular flexibility index (Phi) is 25.1. The smallest absolute Gasteiger partial charge is 0.407 e. The average molecular weight is 685 g/mol. The van der Waals surface area contributed by atoms with Gasteiger partial charge < -0.3 is 63.8 Å². The third-order valence-corrected chi connectivity index (χ3v) is 5.42. The molecule has 5 N–H and O–H groups in total. The van der Waals surface area contributed by atoms with E-state index in [1.54, 1.807) is 20.8 Å². The van der Waals surface area contributed by atoms with Crippen molar-refractivity contribution in [3.05, 3.63) is 0 Å². The molecule has 0 aliphatic carbocycles. The Morgan fingerprint density at radius 2 is 0.872 bits per heavy atom. The largest absolute Gasteiger partial charge is 0.481 e. The van der Waals surface area contributed by atoms with E-state index in [-0.39, 0.29) is 85.1 Å². The van der Waals surface area contributed by atoms with Crippen molar-refractivity contribution in [1.82, 2.24) is 10.6 Å². The van der Waals surface area contributed by atoms with Gasteiger partial charge in [0.25, 0.3) is 0 Å². The van der Waals surface area contributed by atoms with Crippen LogP contribution < -0.4 is 10.6 Å². The molecule has 0 fully saturated rings. The third kappa shape index (κ3) is 30.0. The van der Waals surface area contributed by atoms with Gasteiger partial charge in [-0.3, -0.25) is 19.2 Å². The number of alkyl carbamates (subject to hydrolysis) is 1. The van der Waals surface area contributed by atoms with Crippen LogP contribution in [0.15, 0.2) is 0 Å². The van der Waals surface area contributed by atoms with Gasteiger partial charge in [-0.15, -0.1) is 0 Å². The second kappa shape index (κ2) is 26.9. The van der Waals surface area contributed by atoms with Gasteiger partial charge in [-0.25, -0.2) is 4.79 Å². The van der Waals surface area contributed by atoms with E-state index in [9.17, 15) is 24.0 Å². The van der Waals surface area contributed by atoms with Gasteiger partial charge in [0.05, 0.1) is 112 Å². The van der Waals surface area contributed by atoms with Crippen molar-refractivity contribution >= 4 is 29.9 Å². The number of aliphatic carboxylic acids is 3. The third-order valence-electron chi connectivity index (χ3n) is 5.42. The van der Waals surface area contributed by atoms with Crippen molar-refractivity contribution < 1.29 is 77.2 Å². The van der Waals surface area contributed by atoms with Gasteiger partial charge in [0.15, 0.2) is 0 Å². The van der Waals surface area contributed by atoms with Crippen LogP contribution in [0.1, 0.15) is 46.5 Å². The molecule has 0 heterocycles. The van der Waals surface area contributed by atoms with E-state index in [1.807, 2.05) is 0 Å². The lowest BCUT2D eigenvalue weighted by atomic mass is 10.0. The monoisotopic (exact) mass is 684 g/mol. The zero-order chi connectivity index (χ0) is 35.4. The van der Waals surface area contributed by atoms with Crippen molar-refractivity contribution in [2.75, 3.05) is 99.0 Å². The van der Waals surface area contributed by atoms with Crippen LogP contribution in [-0.4, -0.2) is 155 Å². The minimum absolute atomic E-state index is 0.0432. The normalized spacial score (nSPS) is 11.6. The van der Waals surface area contributed by atoms with Gasteiger partial charge in [0.1, 0.15) is 11.1 Å². The van der Waals surface area contributed by atoms with E-state index in [0.29, 0.717) is 39.6 Å². The first kappa shape index (κ1) is 43.9. The van der Waals surface area contributed by atoms with Crippen LogP contribution in [-0.2, 0) is 57.1 Å². The van der Waals surface area contributed by atoms with Gasteiger partial charge in [-0.2, -0.15) is 0 Å². The number of carbonyl (C=O) groups is 5. The number of rotatable bonds is 31. The quantitative estimate of drug-likeness (QED) is 0.0616. The number of amides is 2. The molecule has 0 aliphatic heterocycles. The summed E-state index contributed by atoms with van der Waals surface area (Å²) in [5, 5.41) is 31.9. The summed E-state index contributed by atoms with van der Waals surface area (Å²) in [5.41, 5.74) is -1.91. The Bertz CT molecular complexity index is 841. The molecule has 0 saturated heterocycles. The highest BCUT2D eigenvalue weighted by Gasteiger charge is 2.34. The molecule has 18 heteroatoms. The first-order valence-corrected chi connectivity index (χ1v) is 15.2. The van der Waals surface area contributed by atoms with Gasteiger partial charge >= 0.3 is 24.0 Å². The number of carbonyl (C=O) groups excluding carboxylic acids is 2. The van der Waals surface area contributed by atoms with E-state index < -0.39 is 41.0 Å². The number of carboxylic acid groups (broad SMARTS) is 3. The van der Waals surface area contributed by atoms with Gasteiger partial charge in [0, 0.05) is 13.0 Å². The summed E-state index contributed by atoms with van der Waals surface area (Å²) in [5.74, 6) is -3.74. The standard InChI is InChI=1S/C29H52N2O16/c1-28(2,3)47-27(39)30-8-13-41-15-17-43-19-18-42-16-14-40-9-4-23(32)31-29(20-44-10-5-24(33)34,21-45-11-6-25(35)36)22-46-12-7-26(37)38/h4-22H2,1-3H3,(H,30,39)(H,31,32)(H,33,34)(H,35,36)(H,37,38). The average Bonchev–Trinajstić information content (AvgIpc) is 2.96. The number of hydrogen-bond acceptors (Lipinski definition) is 13. The molecule has 0 aromatic heterocycles. The fraction of sp³-hybridized carbons (Fsp3) is 0.828. The summed E-state index contributed by atoms with van der Waals surface area (Å²) in [6.07, 6.45) is -1.46. The van der Waals surface area contributed by atoms with Gasteiger partial charge in [-0.1, -0.05) is 0 Å². The van der Waals surface area contributed by atoms with Crippen molar-refractivity contribution in [3.63, 3.8) is 0 Å². The highest BCUT2D eigenvalue weighted by molar-refractivity contribution is 5.77. The molecule has 274 valence electrons. The Labute approximate surface area is 274 Å². The van der Waals surface area contributed by atoms with Crippen molar-refractivity contribution in [3.8, 4) is 0 Å². The van der Waals surface area contributed by atoms with Crippen LogP contribution in [0.4, 0.5) is 4.79 Å². The summed E-state index contributed by atoms with van der Waals surface area (Å²) in [6, 6.07) is 0. The number of carboxylic acids is 3. The summed E-state index contributed by atoms with van der Waals surface area (Å²) in [6.45, 7) is 6.60. The molecular weight excluding hydrogens is 632 g/mol. The molecule has 0 radical (unpaired) electrons. The lowest BCUT2D eigenvalue weighted by Gasteiger charge is -2.34. The maximum atomic E-state index is 12.8. The lowest BCUT2D eigenvalue weighted by Crippen LogP contribution is -2.59. The topological polar surface area (TPSA) is 244 Å². The minimum Gasteiger partial charge on any atom is -0.481 e. The molecule has 0 unspecified atom stereocenters. The van der Waals surface area contributed by atoms with Crippen molar-refractivity contribution in [2.24, 2.45) is 0 Å². The molecule has 0 bridgehead atoms. The minimum atomic E-state index is -1.35. The second-order valence-electron chi connectivity index (χ2n) is 11.0.